The third-order valence-corrected chi connectivity index (χ3v) is 6.05. The van der Waals surface area contributed by atoms with Gasteiger partial charge in [0.2, 0.25) is 11.2 Å². The standard InChI is InChI=1S/C18H17BrN4O.C8H4BrClN2/c1-11(2)21-17(24)12-3-6-15(7-4-12)22-18-20-10-13-9-14(19)5-8-16(13)23-18;9-6-1-2-7-5(3-6)4-11-8(10)12-7/h3-11H,1-2H3,(H,21,24)(H,20,22,23);1-4H. The van der Waals surface area contributed by atoms with Crippen LogP contribution < -0.4 is 10.6 Å². The molecule has 0 saturated heterocycles. The van der Waals surface area contributed by atoms with Crippen molar-refractivity contribution in [3.05, 3.63) is 92.8 Å². The lowest BCUT2D eigenvalue weighted by atomic mass is 10.2. The fraction of sp³-hybridized carbons (Fsp3) is 0.115. The molecule has 0 aliphatic rings. The van der Waals surface area contributed by atoms with Gasteiger partial charge in [0.25, 0.3) is 5.91 Å². The van der Waals surface area contributed by atoms with Crippen molar-refractivity contribution >= 4 is 82.8 Å². The monoisotopic (exact) mass is 626 g/mol. The Morgan fingerprint density at radius 1 is 0.833 bits per heavy atom. The molecule has 0 aliphatic heterocycles. The molecule has 10 heteroatoms. The van der Waals surface area contributed by atoms with Gasteiger partial charge in [-0.05, 0) is 86.1 Å². The summed E-state index contributed by atoms with van der Waals surface area (Å²) in [5, 5.41) is 8.25. The van der Waals surface area contributed by atoms with Crippen LogP contribution in [0.5, 0.6) is 0 Å². The van der Waals surface area contributed by atoms with E-state index in [1.807, 2.05) is 62.4 Å². The highest BCUT2D eigenvalue weighted by molar-refractivity contribution is 9.10. The van der Waals surface area contributed by atoms with Crippen LogP contribution in [0, 0.1) is 0 Å². The largest absolute Gasteiger partial charge is 0.350 e. The van der Waals surface area contributed by atoms with Gasteiger partial charge in [-0.15, -0.1) is 0 Å². The Morgan fingerprint density at radius 2 is 1.42 bits per heavy atom. The molecular formula is C26H21Br2ClN6O. The summed E-state index contributed by atoms with van der Waals surface area (Å²) in [4.78, 5) is 28.7. The van der Waals surface area contributed by atoms with Crippen LogP contribution >= 0.6 is 43.5 Å². The first-order chi connectivity index (χ1) is 17.3. The fourth-order valence-corrected chi connectivity index (χ4v) is 4.12. The van der Waals surface area contributed by atoms with Crippen molar-refractivity contribution in [1.82, 2.24) is 25.3 Å². The van der Waals surface area contributed by atoms with E-state index in [1.165, 1.54) is 0 Å². The lowest BCUT2D eigenvalue weighted by Gasteiger charge is -2.09. The van der Waals surface area contributed by atoms with Crippen LogP contribution in [-0.4, -0.2) is 31.9 Å². The normalized spacial score (nSPS) is 10.7. The number of benzene rings is 3. The van der Waals surface area contributed by atoms with Crippen molar-refractivity contribution in [2.75, 3.05) is 5.32 Å². The Hall–Kier alpha value is -3.14. The van der Waals surface area contributed by atoms with Gasteiger partial charge >= 0.3 is 0 Å². The highest BCUT2D eigenvalue weighted by Gasteiger charge is 2.07. The summed E-state index contributed by atoms with van der Waals surface area (Å²) < 4.78 is 2.01. The number of fused-ring (bicyclic) bond motifs is 2. The van der Waals surface area contributed by atoms with Crippen molar-refractivity contribution in [3.63, 3.8) is 0 Å². The SMILES string of the molecule is CC(C)NC(=O)c1ccc(Nc2ncc3cc(Br)ccc3n2)cc1.Clc1ncc2cc(Br)ccc2n1. The minimum Gasteiger partial charge on any atom is -0.350 e. The average molecular weight is 629 g/mol. The number of hydrogen-bond donors (Lipinski definition) is 2. The Balaban J connectivity index is 0.000000211. The highest BCUT2D eigenvalue weighted by atomic mass is 79.9. The average Bonchev–Trinajstić information content (AvgIpc) is 2.85. The molecule has 2 N–H and O–H groups in total. The molecule has 5 aromatic rings. The Kier molecular flexibility index (Phi) is 8.45. The van der Waals surface area contributed by atoms with E-state index in [4.69, 9.17) is 11.6 Å². The molecule has 36 heavy (non-hydrogen) atoms. The maximum atomic E-state index is 11.9. The molecule has 0 unspecified atom stereocenters. The molecule has 1 amide bonds. The summed E-state index contributed by atoms with van der Waals surface area (Å²) in [5.74, 6) is 0.438. The third-order valence-electron chi connectivity index (χ3n) is 4.88. The van der Waals surface area contributed by atoms with Crippen molar-refractivity contribution < 1.29 is 4.79 Å². The summed E-state index contributed by atoms with van der Waals surface area (Å²) in [6.45, 7) is 3.87. The van der Waals surface area contributed by atoms with Gasteiger partial charge in [0.15, 0.2) is 0 Å². The molecule has 182 valence electrons. The molecule has 0 bridgehead atoms. The van der Waals surface area contributed by atoms with E-state index < -0.39 is 0 Å². The predicted octanol–water partition coefficient (Wildman–Crippen LogP) is 7.32. The molecule has 3 aromatic carbocycles. The zero-order valence-electron chi connectivity index (χ0n) is 19.3. The zero-order valence-corrected chi connectivity index (χ0v) is 23.3. The smallest absolute Gasteiger partial charge is 0.251 e. The molecule has 7 nitrogen and oxygen atoms in total. The van der Waals surface area contributed by atoms with Gasteiger partial charge in [-0.25, -0.2) is 19.9 Å². The Bertz CT molecular complexity index is 1490. The van der Waals surface area contributed by atoms with E-state index in [2.05, 4.69) is 62.4 Å². The second-order valence-electron chi connectivity index (χ2n) is 8.07. The van der Waals surface area contributed by atoms with Crippen molar-refractivity contribution in [2.45, 2.75) is 19.9 Å². The second-order valence-corrected chi connectivity index (χ2v) is 10.2. The van der Waals surface area contributed by atoms with E-state index >= 15 is 0 Å². The van der Waals surface area contributed by atoms with Gasteiger partial charge in [-0.3, -0.25) is 4.79 Å². The van der Waals surface area contributed by atoms with Crippen LogP contribution in [-0.2, 0) is 0 Å². The molecular weight excluding hydrogens is 608 g/mol. The van der Waals surface area contributed by atoms with Crippen LogP contribution in [0.3, 0.4) is 0 Å². The summed E-state index contributed by atoms with van der Waals surface area (Å²) >= 11 is 12.4. The number of hydrogen-bond acceptors (Lipinski definition) is 6. The molecule has 0 saturated carbocycles. The molecule has 0 atom stereocenters. The van der Waals surface area contributed by atoms with Gasteiger partial charge in [-0.2, -0.15) is 0 Å². The zero-order chi connectivity index (χ0) is 25.7. The van der Waals surface area contributed by atoms with E-state index in [0.29, 0.717) is 11.5 Å². The first-order valence-corrected chi connectivity index (χ1v) is 12.9. The minimum absolute atomic E-state index is 0.0796. The first kappa shape index (κ1) is 25.9. The number of nitrogens with zero attached hydrogens (tertiary/aromatic N) is 4. The molecule has 2 aromatic heterocycles. The minimum atomic E-state index is -0.0796. The van der Waals surface area contributed by atoms with Crippen molar-refractivity contribution in [2.24, 2.45) is 0 Å². The third kappa shape index (κ3) is 6.96. The number of amides is 1. The van der Waals surface area contributed by atoms with E-state index in [1.54, 1.807) is 24.5 Å². The van der Waals surface area contributed by atoms with Gasteiger partial charge in [-0.1, -0.05) is 31.9 Å². The second kappa shape index (κ2) is 11.7. The van der Waals surface area contributed by atoms with Crippen LogP contribution in [0.1, 0.15) is 24.2 Å². The van der Waals surface area contributed by atoms with Gasteiger partial charge < -0.3 is 10.6 Å². The molecule has 2 heterocycles. The lowest BCUT2D eigenvalue weighted by Crippen LogP contribution is -2.29. The van der Waals surface area contributed by atoms with Gasteiger partial charge in [0.1, 0.15) is 0 Å². The Morgan fingerprint density at radius 3 is 2.03 bits per heavy atom. The number of anilines is 2. The summed E-state index contributed by atoms with van der Waals surface area (Å²) in [6, 6.07) is 19.0. The Labute approximate surface area is 230 Å². The van der Waals surface area contributed by atoms with Gasteiger partial charge in [0, 0.05) is 49.4 Å². The highest BCUT2D eigenvalue weighted by Crippen LogP contribution is 2.21. The lowest BCUT2D eigenvalue weighted by molar-refractivity contribution is 0.0943. The maximum Gasteiger partial charge on any atom is 0.251 e. The van der Waals surface area contributed by atoms with Crippen LogP contribution in [0.4, 0.5) is 11.6 Å². The number of carbonyl (C=O) groups excluding carboxylic acids is 1. The summed E-state index contributed by atoms with van der Waals surface area (Å²) in [5.41, 5.74) is 3.17. The van der Waals surface area contributed by atoms with E-state index in [9.17, 15) is 4.79 Å². The predicted molar refractivity (Wildman–Crippen MR) is 152 cm³/mol. The molecule has 0 radical (unpaired) electrons. The summed E-state index contributed by atoms with van der Waals surface area (Å²) in [7, 11) is 0. The molecule has 5 rings (SSSR count). The van der Waals surface area contributed by atoms with Gasteiger partial charge in [0.05, 0.1) is 11.0 Å². The van der Waals surface area contributed by atoms with E-state index in [-0.39, 0.29) is 17.2 Å². The number of carbonyl (C=O) groups is 1. The fourth-order valence-electron chi connectivity index (χ4n) is 3.23. The van der Waals surface area contributed by atoms with Crippen LogP contribution in [0.25, 0.3) is 21.8 Å². The van der Waals surface area contributed by atoms with Crippen LogP contribution in [0.15, 0.2) is 82.0 Å². The quantitative estimate of drug-likeness (QED) is 0.203. The number of nitrogens with one attached hydrogen (secondary N) is 2. The first-order valence-electron chi connectivity index (χ1n) is 10.9. The number of rotatable bonds is 4. The molecule has 0 fully saturated rings. The van der Waals surface area contributed by atoms with Crippen LogP contribution in [0.2, 0.25) is 5.28 Å². The van der Waals surface area contributed by atoms with Crippen molar-refractivity contribution in [1.29, 1.82) is 0 Å². The molecule has 0 spiro atoms. The van der Waals surface area contributed by atoms with Crippen molar-refractivity contribution in [3.8, 4) is 0 Å². The topological polar surface area (TPSA) is 92.7 Å². The number of halogens is 3. The van der Waals surface area contributed by atoms with E-state index in [0.717, 1.165) is 36.4 Å². The summed E-state index contributed by atoms with van der Waals surface area (Å²) in [6.07, 6.45) is 3.48. The number of aromatic nitrogens is 4. The molecule has 0 aliphatic carbocycles. The maximum absolute atomic E-state index is 11.9.